The maximum absolute atomic E-state index is 11.7. The van der Waals surface area contributed by atoms with Gasteiger partial charge in [0.2, 0.25) is 0 Å². The summed E-state index contributed by atoms with van der Waals surface area (Å²) in [6.45, 7) is 6.24. The molecule has 0 spiro atoms. The lowest BCUT2D eigenvalue weighted by molar-refractivity contribution is -0.144. The van der Waals surface area contributed by atoms with Gasteiger partial charge in [-0.1, -0.05) is 5.16 Å². The van der Waals surface area contributed by atoms with Crippen LogP contribution in [0.5, 0.6) is 5.75 Å². The summed E-state index contributed by atoms with van der Waals surface area (Å²) < 4.78 is 11.3. The van der Waals surface area contributed by atoms with Crippen LogP contribution in [-0.2, 0) is 19.8 Å². The first-order valence-corrected chi connectivity index (χ1v) is 11.8. The van der Waals surface area contributed by atoms with Gasteiger partial charge in [0.1, 0.15) is 24.5 Å². The van der Waals surface area contributed by atoms with Crippen LogP contribution >= 0.6 is 0 Å². The number of oxime groups is 1. The fraction of sp³-hybridized carbons (Fsp3) is 0.520. The van der Waals surface area contributed by atoms with E-state index in [0.717, 1.165) is 53.8 Å². The van der Waals surface area contributed by atoms with Gasteiger partial charge in [0.15, 0.2) is 0 Å². The van der Waals surface area contributed by atoms with Crippen LogP contribution in [0.3, 0.4) is 0 Å². The fourth-order valence-electron chi connectivity index (χ4n) is 4.71. The summed E-state index contributed by atoms with van der Waals surface area (Å²) in [5.41, 5.74) is 15.7. The molecule has 1 aromatic carbocycles. The smallest absolute Gasteiger partial charge is 0.309 e. The molecule has 9 nitrogen and oxygen atoms in total. The molecule has 2 aliphatic rings. The molecular weight excluding hydrogens is 434 g/mol. The lowest BCUT2D eigenvalue weighted by atomic mass is 9.70. The van der Waals surface area contributed by atoms with Crippen LogP contribution in [-0.4, -0.2) is 47.0 Å². The molecule has 0 bridgehead atoms. The zero-order valence-electron chi connectivity index (χ0n) is 20.0. The topological polar surface area (TPSA) is 135 Å². The van der Waals surface area contributed by atoms with Crippen molar-refractivity contribution in [3.63, 3.8) is 0 Å². The first-order valence-electron chi connectivity index (χ1n) is 11.8. The highest BCUT2D eigenvalue weighted by Crippen LogP contribution is 2.45. The van der Waals surface area contributed by atoms with E-state index >= 15 is 0 Å². The third-order valence-electron chi connectivity index (χ3n) is 6.48. The highest BCUT2D eigenvalue weighted by atomic mass is 16.6. The lowest BCUT2D eigenvalue weighted by Crippen LogP contribution is -2.36. The normalized spacial score (nSPS) is 21.9. The lowest BCUT2D eigenvalue weighted by Gasteiger charge is -2.35. The average molecular weight is 468 g/mol. The quantitative estimate of drug-likeness (QED) is 0.360. The number of benzene rings is 1. The molecule has 0 unspecified atom stereocenters. The van der Waals surface area contributed by atoms with E-state index in [1.807, 2.05) is 32.0 Å². The molecule has 2 aliphatic carbocycles. The number of hydrogen-bond acceptors (Lipinski definition) is 9. The van der Waals surface area contributed by atoms with Crippen molar-refractivity contribution in [2.75, 3.05) is 18.9 Å². The van der Waals surface area contributed by atoms with Gasteiger partial charge in [0.25, 0.3) is 0 Å². The van der Waals surface area contributed by atoms with Gasteiger partial charge in [-0.15, -0.1) is 0 Å². The third kappa shape index (κ3) is 4.84. The van der Waals surface area contributed by atoms with Crippen molar-refractivity contribution in [3.05, 3.63) is 35.7 Å². The van der Waals surface area contributed by atoms with Gasteiger partial charge in [-0.2, -0.15) is 0 Å². The summed E-state index contributed by atoms with van der Waals surface area (Å²) in [7, 11) is 0. The highest BCUT2D eigenvalue weighted by Gasteiger charge is 2.41. The van der Waals surface area contributed by atoms with E-state index in [9.17, 15) is 4.79 Å². The number of aromatic nitrogens is 2. The van der Waals surface area contributed by atoms with Crippen LogP contribution in [0.4, 0.5) is 5.82 Å². The Balaban J connectivity index is 1.67. The van der Waals surface area contributed by atoms with Gasteiger partial charge in [-0.25, -0.2) is 9.97 Å². The molecule has 1 heterocycles. The molecule has 0 atom stereocenters. The summed E-state index contributed by atoms with van der Waals surface area (Å²) in [5, 5.41) is 4.47. The molecular formula is C25H33N5O4. The second-order valence-corrected chi connectivity index (χ2v) is 9.30. The number of nitrogens with two attached hydrogens (primary N) is 2. The summed E-state index contributed by atoms with van der Waals surface area (Å²) in [5.74, 6) is 0.843. The van der Waals surface area contributed by atoms with Crippen molar-refractivity contribution < 1.29 is 19.1 Å². The van der Waals surface area contributed by atoms with Crippen molar-refractivity contribution in [3.8, 4) is 17.0 Å². The molecule has 2 aromatic rings. The molecule has 0 radical (unpaired) electrons. The second-order valence-electron chi connectivity index (χ2n) is 9.30. The third-order valence-corrected chi connectivity index (χ3v) is 6.48. The molecule has 34 heavy (non-hydrogen) atoms. The number of nitrogens with zero attached hydrogens (tertiary/aromatic N) is 3. The summed E-state index contributed by atoms with van der Waals surface area (Å²) in [6.07, 6.45) is 5.54. The first-order chi connectivity index (χ1) is 16.3. The maximum Gasteiger partial charge on any atom is 0.309 e. The Morgan fingerprint density at radius 2 is 1.94 bits per heavy atom. The SMILES string of the molecule is CCOC(=O)CCO/N=C1\c2cc(O[C@H]3CC[C@H](N)CC3)ccc2-c2ncnc(N)c2C1(C)C. The zero-order chi connectivity index (χ0) is 24.3. The number of esters is 1. The molecule has 9 heteroatoms. The summed E-state index contributed by atoms with van der Waals surface area (Å²) in [4.78, 5) is 26.0. The van der Waals surface area contributed by atoms with Crippen LogP contribution in [0.1, 0.15) is 64.0 Å². The van der Waals surface area contributed by atoms with Gasteiger partial charge in [0.05, 0.1) is 30.5 Å². The Bertz CT molecular complexity index is 1080. The number of carbonyl (C=O) groups is 1. The van der Waals surface area contributed by atoms with Gasteiger partial charge in [0, 0.05) is 28.1 Å². The Labute approximate surface area is 199 Å². The van der Waals surface area contributed by atoms with Crippen molar-refractivity contribution in [2.45, 2.75) is 70.4 Å². The molecule has 1 fully saturated rings. The minimum absolute atomic E-state index is 0.111. The summed E-state index contributed by atoms with van der Waals surface area (Å²) in [6, 6.07) is 6.18. The van der Waals surface area contributed by atoms with Crippen LogP contribution in [0, 0.1) is 0 Å². The Morgan fingerprint density at radius 3 is 2.68 bits per heavy atom. The maximum atomic E-state index is 11.7. The van der Waals surface area contributed by atoms with E-state index in [-0.39, 0.29) is 31.1 Å². The van der Waals surface area contributed by atoms with Crippen molar-refractivity contribution >= 4 is 17.5 Å². The molecule has 0 amide bonds. The Kier molecular flexibility index (Phi) is 7.02. The second kappa shape index (κ2) is 9.97. The van der Waals surface area contributed by atoms with E-state index in [1.54, 1.807) is 6.92 Å². The molecule has 1 saturated carbocycles. The number of carbonyl (C=O) groups excluding carboxylic acids is 1. The minimum Gasteiger partial charge on any atom is -0.490 e. The van der Waals surface area contributed by atoms with Crippen LogP contribution in [0.25, 0.3) is 11.3 Å². The zero-order valence-corrected chi connectivity index (χ0v) is 20.0. The van der Waals surface area contributed by atoms with Gasteiger partial charge < -0.3 is 25.8 Å². The van der Waals surface area contributed by atoms with Crippen LogP contribution in [0.15, 0.2) is 29.7 Å². The van der Waals surface area contributed by atoms with E-state index in [1.165, 1.54) is 6.33 Å². The molecule has 1 aromatic heterocycles. The number of fused-ring (bicyclic) bond motifs is 3. The Morgan fingerprint density at radius 1 is 1.18 bits per heavy atom. The standard InChI is InChI=1S/C25H33N5O4/c1-4-32-20(31)11-12-33-30-23-19-13-17(34-16-7-5-15(26)6-8-16)9-10-18(19)22-21(25(23,2)3)24(27)29-14-28-22/h9-10,13-16H,4-8,11-12,26H2,1-3H3,(H2,27,28,29)/b30-23+/t15-,16-. The monoisotopic (exact) mass is 467 g/mol. The van der Waals surface area contributed by atoms with E-state index in [2.05, 4.69) is 15.1 Å². The molecule has 4 rings (SSSR count). The van der Waals surface area contributed by atoms with Crippen molar-refractivity contribution in [2.24, 2.45) is 10.9 Å². The Hall–Kier alpha value is -3.20. The van der Waals surface area contributed by atoms with Crippen molar-refractivity contribution in [1.29, 1.82) is 0 Å². The number of ether oxygens (including phenoxy) is 2. The van der Waals surface area contributed by atoms with Crippen LogP contribution < -0.4 is 16.2 Å². The molecule has 4 N–H and O–H groups in total. The number of hydrogen-bond donors (Lipinski definition) is 2. The van der Waals surface area contributed by atoms with Gasteiger partial charge in [-0.05, 0) is 64.7 Å². The highest BCUT2D eigenvalue weighted by molar-refractivity contribution is 6.15. The average Bonchev–Trinajstić information content (AvgIpc) is 2.80. The first kappa shape index (κ1) is 23.9. The number of rotatable bonds is 7. The molecule has 182 valence electrons. The van der Waals surface area contributed by atoms with Gasteiger partial charge in [-0.3, -0.25) is 4.79 Å². The molecule has 0 aliphatic heterocycles. The van der Waals surface area contributed by atoms with E-state index in [0.29, 0.717) is 18.1 Å². The largest absolute Gasteiger partial charge is 0.490 e. The van der Waals surface area contributed by atoms with Crippen LogP contribution in [0.2, 0.25) is 0 Å². The van der Waals surface area contributed by atoms with Crippen molar-refractivity contribution in [1.82, 2.24) is 9.97 Å². The van der Waals surface area contributed by atoms with E-state index < -0.39 is 5.41 Å². The number of anilines is 1. The molecule has 0 saturated heterocycles. The van der Waals surface area contributed by atoms with Gasteiger partial charge >= 0.3 is 5.97 Å². The van der Waals surface area contributed by atoms with E-state index in [4.69, 9.17) is 25.8 Å². The number of nitrogen functional groups attached to an aromatic ring is 1. The predicted molar refractivity (Wildman–Crippen MR) is 130 cm³/mol. The minimum atomic E-state index is -0.631. The predicted octanol–water partition coefficient (Wildman–Crippen LogP) is 3.34. The summed E-state index contributed by atoms with van der Waals surface area (Å²) >= 11 is 0. The fourth-order valence-corrected chi connectivity index (χ4v) is 4.71.